The number of sulfone groups is 1. The Morgan fingerprint density at radius 1 is 1.40 bits per heavy atom. The van der Waals surface area contributed by atoms with Crippen molar-refractivity contribution in [2.45, 2.75) is 32.1 Å². The Morgan fingerprint density at radius 2 is 1.80 bits per heavy atom. The van der Waals surface area contributed by atoms with Crippen LogP contribution in [0.2, 0.25) is 0 Å². The van der Waals surface area contributed by atoms with Crippen molar-refractivity contribution in [3.63, 3.8) is 0 Å². The summed E-state index contributed by atoms with van der Waals surface area (Å²) in [7, 11) is -3.07. The molecule has 0 spiro atoms. The third-order valence-corrected chi connectivity index (χ3v) is 3.82. The van der Waals surface area contributed by atoms with Gasteiger partial charge in [0.15, 0.2) is 9.84 Å². The highest BCUT2D eigenvalue weighted by molar-refractivity contribution is 7.92. The molecule has 0 saturated heterocycles. The molecule has 0 aromatic rings. The van der Waals surface area contributed by atoms with Crippen LogP contribution in [0.5, 0.6) is 0 Å². The van der Waals surface area contributed by atoms with Crippen LogP contribution in [-0.2, 0) is 9.84 Å². The zero-order valence-electron chi connectivity index (χ0n) is 6.72. The van der Waals surface area contributed by atoms with E-state index >= 15 is 0 Å². The third-order valence-electron chi connectivity index (χ3n) is 1.27. The maximum atomic E-state index is 11.1. The molecule has 0 aliphatic heterocycles. The summed E-state index contributed by atoms with van der Waals surface area (Å²) in [6.45, 7) is 4.85. The van der Waals surface area contributed by atoms with Gasteiger partial charge in [0.05, 0.1) is 5.75 Å². The van der Waals surface area contributed by atoms with Gasteiger partial charge in [0.25, 0.3) is 0 Å². The third kappa shape index (κ3) is 2.27. The van der Waals surface area contributed by atoms with Gasteiger partial charge < -0.3 is 5.73 Å². The fourth-order valence-electron chi connectivity index (χ4n) is 0.532. The van der Waals surface area contributed by atoms with E-state index in [0.29, 0.717) is 6.42 Å². The largest absolute Gasteiger partial charge is 0.313 e. The average molecular weight is 165 g/mol. The van der Waals surface area contributed by atoms with Gasteiger partial charge in [0.2, 0.25) is 0 Å². The van der Waals surface area contributed by atoms with E-state index in [4.69, 9.17) is 5.73 Å². The quantitative estimate of drug-likeness (QED) is 0.662. The van der Waals surface area contributed by atoms with Crippen LogP contribution in [0.15, 0.2) is 0 Å². The summed E-state index contributed by atoms with van der Waals surface area (Å²) in [4.78, 5) is -1.08. The predicted molar refractivity (Wildman–Crippen MR) is 42.3 cm³/mol. The first-order valence-electron chi connectivity index (χ1n) is 3.32. The fraction of sp³-hybridized carbons (Fsp3) is 1.00. The van der Waals surface area contributed by atoms with Gasteiger partial charge in [-0.2, -0.15) is 0 Å². The Labute approximate surface area is 62.5 Å². The van der Waals surface area contributed by atoms with E-state index in [1.807, 2.05) is 6.92 Å². The first kappa shape index (κ1) is 9.91. The molecule has 0 rings (SSSR count). The van der Waals surface area contributed by atoms with Crippen LogP contribution in [-0.4, -0.2) is 19.0 Å². The van der Waals surface area contributed by atoms with Gasteiger partial charge in [-0.15, -0.1) is 0 Å². The van der Waals surface area contributed by atoms with E-state index in [-0.39, 0.29) is 5.75 Å². The number of hydrogen-bond acceptors (Lipinski definition) is 3. The Balaban J connectivity index is 4.44. The second kappa shape index (κ2) is 2.88. The lowest BCUT2D eigenvalue weighted by molar-refractivity contribution is 0.551. The standard InChI is InChI=1S/C6H15NO2S/c1-4-5-10(8,9)6(2,3)7/h4-5,7H2,1-3H3. The molecule has 0 aliphatic rings. The Bertz CT molecular complexity index is 188. The minimum absolute atomic E-state index is 0.177. The molecule has 10 heavy (non-hydrogen) atoms. The first-order valence-corrected chi connectivity index (χ1v) is 4.97. The maximum absolute atomic E-state index is 11.1. The molecule has 0 radical (unpaired) electrons. The molecule has 0 unspecified atom stereocenters. The summed E-state index contributed by atoms with van der Waals surface area (Å²) in [5, 5.41) is 0. The van der Waals surface area contributed by atoms with Crippen molar-refractivity contribution >= 4 is 9.84 Å². The van der Waals surface area contributed by atoms with Crippen molar-refractivity contribution < 1.29 is 8.42 Å². The van der Waals surface area contributed by atoms with Crippen molar-refractivity contribution in [3.05, 3.63) is 0 Å². The highest BCUT2D eigenvalue weighted by Crippen LogP contribution is 2.10. The Morgan fingerprint density at radius 3 is 1.90 bits per heavy atom. The number of hydrogen-bond donors (Lipinski definition) is 1. The number of nitrogens with two attached hydrogens (primary N) is 1. The van der Waals surface area contributed by atoms with Crippen molar-refractivity contribution in [1.29, 1.82) is 0 Å². The van der Waals surface area contributed by atoms with Gasteiger partial charge in [0.1, 0.15) is 4.87 Å². The zero-order valence-corrected chi connectivity index (χ0v) is 7.53. The molecule has 4 heteroatoms. The highest BCUT2D eigenvalue weighted by Gasteiger charge is 2.27. The van der Waals surface area contributed by atoms with Crippen molar-refractivity contribution in [2.24, 2.45) is 5.73 Å². The van der Waals surface area contributed by atoms with Crippen LogP contribution in [0.4, 0.5) is 0 Å². The van der Waals surface area contributed by atoms with E-state index in [9.17, 15) is 8.42 Å². The minimum Gasteiger partial charge on any atom is -0.313 e. The smallest absolute Gasteiger partial charge is 0.168 e. The summed E-state index contributed by atoms with van der Waals surface area (Å²) in [6, 6.07) is 0. The van der Waals surface area contributed by atoms with Crippen LogP contribution in [0, 0.1) is 0 Å². The molecule has 0 atom stereocenters. The van der Waals surface area contributed by atoms with Gasteiger partial charge in [0, 0.05) is 0 Å². The predicted octanol–water partition coefficient (Wildman–Crippen LogP) is 0.506. The highest BCUT2D eigenvalue weighted by atomic mass is 32.2. The molecule has 0 fully saturated rings. The van der Waals surface area contributed by atoms with Gasteiger partial charge >= 0.3 is 0 Å². The van der Waals surface area contributed by atoms with Crippen LogP contribution >= 0.6 is 0 Å². The molecule has 0 amide bonds. The topological polar surface area (TPSA) is 60.2 Å². The lowest BCUT2D eigenvalue weighted by atomic mass is 10.4. The second-order valence-electron chi connectivity index (χ2n) is 2.92. The Kier molecular flexibility index (Phi) is 2.86. The number of rotatable bonds is 3. The van der Waals surface area contributed by atoms with Crippen molar-refractivity contribution in [2.75, 3.05) is 5.75 Å². The SMILES string of the molecule is CCCS(=O)(=O)C(C)(C)N. The lowest BCUT2D eigenvalue weighted by Gasteiger charge is -2.18. The molecule has 0 aliphatic carbocycles. The normalized spacial score (nSPS) is 13.6. The van der Waals surface area contributed by atoms with Crippen LogP contribution in [0.25, 0.3) is 0 Å². The van der Waals surface area contributed by atoms with Crippen molar-refractivity contribution in [3.8, 4) is 0 Å². The molecule has 0 bridgehead atoms. The monoisotopic (exact) mass is 165 g/mol. The molecule has 2 N–H and O–H groups in total. The molecule has 62 valence electrons. The Hall–Kier alpha value is -0.0900. The van der Waals surface area contributed by atoms with Gasteiger partial charge in [-0.05, 0) is 20.3 Å². The zero-order chi connectivity index (χ0) is 8.41. The van der Waals surface area contributed by atoms with Crippen LogP contribution in [0.3, 0.4) is 0 Å². The van der Waals surface area contributed by atoms with Crippen LogP contribution in [0.1, 0.15) is 27.2 Å². The first-order chi connectivity index (χ1) is 4.31. The van der Waals surface area contributed by atoms with Crippen LogP contribution < -0.4 is 5.73 Å². The summed E-state index contributed by atoms with van der Waals surface area (Å²) < 4.78 is 22.3. The fourth-order valence-corrected chi connectivity index (χ4v) is 1.60. The molecule has 0 aromatic heterocycles. The molecular formula is C6H15NO2S. The minimum atomic E-state index is -3.07. The van der Waals surface area contributed by atoms with Gasteiger partial charge in [-0.3, -0.25) is 0 Å². The van der Waals surface area contributed by atoms with E-state index < -0.39 is 14.7 Å². The molecule has 3 nitrogen and oxygen atoms in total. The van der Waals surface area contributed by atoms with Gasteiger partial charge in [-0.25, -0.2) is 8.42 Å². The molecule has 0 aromatic carbocycles. The summed E-state index contributed by atoms with van der Waals surface area (Å²) in [6.07, 6.45) is 0.628. The van der Waals surface area contributed by atoms with Crippen molar-refractivity contribution in [1.82, 2.24) is 0 Å². The summed E-state index contributed by atoms with van der Waals surface area (Å²) in [5.41, 5.74) is 5.41. The van der Waals surface area contributed by atoms with E-state index in [2.05, 4.69) is 0 Å². The van der Waals surface area contributed by atoms with E-state index in [1.165, 1.54) is 13.8 Å². The van der Waals surface area contributed by atoms with E-state index in [0.717, 1.165) is 0 Å². The lowest BCUT2D eigenvalue weighted by Crippen LogP contribution is -2.42. The maximum Gasteiger partial charge on any atom is 0.168 e. The van der Waals surface area contributed by atoms with Gasteiger partial charge in [-0.1, -0.05) is 6.92 Å². The van der Waals surface area contributed by atoms with E-state index in [1.54, 1.807) is 0 Å². The molecule has 0 heterocycles. The molecule has 0 saturated carbocycles. The molecular weight excluding hydrogens is 150 g/mol. The summed E-state index contributed by atoms with van der Waals surface area (Å²) in [5.74, 6) is 0.177. The summed E-state index contributed by atoms with van der Waals surface area (Å²) >= 11 is 0. The average Bonchev–Trinajstić information content (AvgIpc) is 1.61. The second-order valence-corrected chi connectivity index (χ2v) is 5.61.